The summed E-state index contributed by atoms with van der Waals surface area (Å²) in [6, 6.07) is 12.5. The van der Waals surface area contributed by atoms with Gasteiger partial charge in [0.15, 0.2) is 5.96 Å². The van der Waals surface area contributed by atoms with Crippen LogP contribution in [0.4, 0.5) is 0 Å². The molecule has 2 rings (SSSR count). The molecule has 6 heteroatoms. The molecule has 1 aromatic heterocycles. The lowest BCUT2D eigenvalue weighted by atomic mass is 10.1. The maximum Gasteiger partial charge on any atom is 0.191 e. The molecule has 0 radical (unpaired) electrons. The van der Waals surface area contributed by atoms with Crippen molar-refractivity contribution in [3.05, 3.63) is 64.4 Å². The van der Waals surface area contributed by atoms with Gasteiger partial charge in [-0.1, -0.05) is 55.8 Å². The maximum atomic E-state index is 5.81. The summed E-state index contributed by atoms with van der Waals surface area (Å²) >= 11 is 5.81. The molecule has 0 aliphatic heterocycles. The molecule has 146 valence electrons. The van der Waals surface area contributed by atoms with E-state index in [9.17, 15) is 0 Å². The Morgan fingerprint density at radius 3 is 2.52 bits per heavy atom. The molecule has 0 atom stereocenters. The van der Waals surface area contributed by atoms with E-state index in [0.29, 0.717) is 5.15 Å². The average Bonchev–Trinajstić information content (AvgIpc) is 2.70. The molecular weight excluding hydrogens is 358 g/mol. The minimum atomic E-state index is 0.521. The van der Waals surface area contributed by atoms with Gasteiger partial charge >= 0.3 is 0 Å². The fraction of sp³-hybridized carbons (Fsp3) is 0.429. The van der Waals surface area contributed by atoms with Gasteiger partial charge in [-0.05, 0) is 42.3 Å². The number of nitrogens with zero attached hydrogens (tertiary/aromatic N) is 3. The summed E-state index contributed by atoms with van der Waals surface area (Å²) in [5.74, 6) is 0.797. The van der Waals surface area contributed by atoms with Crippen LogP contribution in [-0.2, 0) is 19.5 Å². The second kappa shape index (κ2) is 11.6. The van der Waals surface area contributed by atoms with Crippen LogP contribution in [0.25, 0.3) is 0 Å². The van der Waals surface area contributed by atoms with Gasteiger partial charge in [-0.25, -0.2) is 4.98 Å². The van der Waals surface area contributed by atoms with Gasteiger partial charge in [-0.15, -0.1) is 0 Å². The molecule has 2 aromatic rings. The average molecular weight is 388 g/mol. The third-order valence-electron chi connectivity index (χ3n) is 4.47. The Kier molecular flexibility index (Phi) is 9.08. The Morgan fingerprint density at radius 2 is 1.85 bits per heavy atom. The zero-order valence-electron chi connectivity index (χ0n) is 16.5. The van der Waals surface area contributed by atoms with Crippen molar-refractivity contribution in [3.8, 4) is 0 Å². The molecule has 0 saturated heterocycles. The number of aromatic nitrogens is 1. The van der Waals surface area contributed by atoms with Gasteiger partial charge < -0.3 is 10.6 Å². The van der Waals surface area contributed by atoms with Crippen LogP contribution in [0.15, 0.2) is 47.6 Å². The first kappa shape index (κ1) is 21.2. The van der Waals surface area contributed by atoms with Gasteiger partial charge in [0.25, 0.3) is 0 Å². The van der Waals surface area contributed by atoms with Crippen molar-refractivity contribution in [3.63, 3.8) is 0 Å². The van der Waals surface area contributed by atoms with Gasteiger partial charge in [-0.3, -0.25) is 9.89 Å². The van der Waals surface area contributed by atoms with E-state index in [0.717, 1.165) is 50.7 Å². The van der Waals surface area contributed by atoms with Crippen molar-refractivity contribution in [2.24, 2.45) is 4.99 Å². The smallest absolute Gasteiger partial charge is 0.191 e. The molecule has 0 unspecified atom stereocenters. The standard InChI is InChI=1S/C21H30ClN5/c1-4-27(5-2)16-19-8-6-7-18(13-19)15-26-21(23-3)24-12-11-17-9-10-20(22)25-14-17/h6-10,13-14H,4-5,11-12,15-16H2,1-3H3,(H2,23,24,26). The SMILES string of the molecule is CCN(CC)Cc1cccc(CNC(=NC)NCCc2ccc(Cl)nc2)c1. The fourth-order valence-corrected chi connectivity index (χ4v) is 2.94. The van der Waals surface area contributed by atoms with Crippen molar-refractivity contribution in [1.29, 1.82) is 0 Å². The molecule has 1 heterocycles. The second-order valence-corrected chi connectivity index (χ2v) is 6.76. The topological polar surface area (TPSA) is 52.5 Å². The zero-order chi connectivity index (χ0) is 19.5. The van der Waals surface area contributed by atoms with Crippen LogP contribution < -0.4 is 10.6 Å². The minimum Gasteiger partial charge on any atom is -0.356 e. The van der Waals surface area contributed by atoms with E-state index in [-0.39, 0.29) is 0 Å². The molecule has 0 spiro atoms. The lowest BCUT2D eigenvalue weighted by molar-refractivity contribution is 0.296. The Morgan fingerprint density at radius 1 is 1.07 bits per heavy atom. The largest absolute Gasteiger partial charge is 0.356 e. The Bertz CT molecular complexity index is 711. The number of guanidine groups is 1. The van der Waals surface area contributed by atoms with E-state index >= 15 is 0 Å². The fourth-order valence-electron chi connectivity index (χ4n) is 2.83. The number of benzene rings is 1. The zero-order valence-corrected chi connectivity index (χ0v) is 17.3. The summed E-state index contributed by atoms with van der Waals surface area (Å²) in [7, 11) is 1.79. The predicted octanol–water partition coefficient (Wildman–Crippen LogP) is 3.48. The van der Waals surface area contributed by atoms with Crippen LogP contribution >= 0.6 is 11.6 Å². The molecule has 0 bridgehead atoms. The number of hydrogen-bond acceptors (Lipinski definition) is 3. The van der Waals surface area contributed by atoms with E-state index in [4.69, 9.17) is 11.6 Å². The minimum absolute atomic E-state index is 0.521. The van der Waals surface area contributed by atoms with Crippen molar-refractivity contribution in [2.75, 3.05) is 26.7 Å². The second-order valence-electron chi connectivity index (χ2n) is 6.37. The van der Waals surface area contributed by atoms with Crippen molar-refractivity contribution >= 4 is 17.6 Å². The number of aliphatic imine (C=N–C) groups is 1. The van der Waals surface area contributed by atoms with E-state index in [1.54, 1.807) is 7.05 Å². The number of nitrogens with one attached hydrogen (secondary N) is 2. The van der Waals surface area contributed by atoms with Crippen LogP contribution in [0.5, 0.6) is 0 Å². The van der Waals surface area contributed by atoms with E-state index in [2.05, 4.69) is 63.6 Å². The lowest BCUT2D eigenvalue weighted by Crippen LogP contribution is -2.37. The normalized spacial score (nSPS) is 11.7. The highest BCUT2D eigenvalue weighted by atomic mass is 35.5. The highest BCUT2D eigenvalue weighted by Gasteiger charge is 2.03. The number of hydrogen-bond donors (Lipinski definition) is 2. The lowest BCUT2D eigenvalue weighted by Gasteiger charge is -2.18. The summed E-state index contributed by atoms with van der Waals surface area (Å²) < 4.78 is 0. The Labute approximate surface area is 167 Å². The third-order valence-corrected chi connectivity index (χ3v) is 4.69. The van der Waals surface area contributed by atoms with Crippen molar-refractivity contribution < 1.29 is 0 Å². The quantitative estimate of drug-likeness (QED) is 0.393. The molecule has 0 aliphatic rings. The molecule has 0 amide bonds. The van der Waals surface area contributed by atoms with E-state index in [1.165, 1.54) is 11.1 Å². The monoisotopic (exact) mass is 387 g/mol. The molecule has 5 nitrogen and oxygen atoms in total. The van der Waals surface area contributed by atoms with Gasteiger partial charge in [0.05, 0.1) is 0 Å². The van der Waals surface area contributed by atoms with E-state index < -0.39 is 0 Å². The molecular formula is C21H30ClN5. The Balaban J connectivity index is 1.80. The molecule has 0 fully saturated rings. The maximum absolute atomic E-state index is 5.81. The number of rotatable bonds is 9. The summed E-state index contributed by atoms with van der Waals surface area (Å²) in [6.45, 7) is 9.05. The molecule has 0 aliphatic carbocycles. The number of halogens is 1. The first-order chi connectivity index (χ1) is 13.1. The van der Waals surface area contributed by atoms with Crippen molar-refractivity contribution in [2.45, 2.75) is 33.4 Å². The van der Waals surface area contributed by atoms with Gasteiger partial charge in [-0.2, -0.15) is 0 Å². The predicted molar refractivity (Wildman–Crippen MR) is 114 cm³/mol. The summed E-state index contributed by atoms with van der Waals surface area (Å²) in [5.41, 5.74) is 3.74. The summed E-state index contributed by atoms with van der Waals surface area (Å²) in [6.07, 6.45) is 2.67. The van der Waals surface area contributed by atoms with Gasteiger partial charge in [0.2, 0.25) is 0 Å². The van der Waals surface area contributed by atoms with Crippen LogP contribution in [-0.4, -0.2) is 42.5 Å². The summed E-state index contributed by atoms with van der Waals surface area (Å²) in [5, 5.41) is 7.24. The third kappa shape index (κ3) is 7.57. The highest BCUT2D eigenvalue weighted by molar-refractivity contribution is 6.29. The molecule has 0 saturated carbocycles. The van der Waals surface area contributed by atoms with Crippen LogP contribution in [0.1, 0.15) is 30.5 Å². The van der Waals surface area contributed by atoms with Gasteiger partial charge in [0.1, 0.15) is 5.15 Å². The molecule has 1 aromatic carbocycles. The molecule has 2 N–H and O–H groups in total. The Hall–Kier alpha value is -2.11. The first-order valence-corrected chi connectivity index (χ1v) is 9.87. The first-order valence-electron chi connectivity index (χ1n) is 9.49. The van der Waals surface area contributed by atoms with Crippen molar-refractivity contribution in [1.82, 2.24) is 20.5 Å². The van der Waals surface area contributed by atoms with Crippen LogP contribution in [0.2, 0.25) is 5.15 Å². The van der Waals surface area contributed by atoms with Crippen LogP contribution in [0.3, 0.4) is 0 Å². The van der Waals surface area contributed by atoms with Gasteiger partial charge in [0, 0.05) is 32.9 Å². The van der Waals surface area contributed by atoms with Crippen LogP contribution in [0, 0.1) is 0 Å². The molecule has 27 heavy (non-hydrogen) atoms. The van der Waals surface area contributed by atoms with E-state index in [1.807, 2.05) is 18.3 Å². The summed E-state index contributed by atoms with van der Waals surface area (Å²) in [4.78, 5) is 10.8. The number of pyridine rings is 1. The highest BCUT2D eigenvalue weighted by Crippen LogP contribution is 2.08.